The van der Waals surface area contributed by atoms with Crippen LogP contribution in [-0.4, -0.2) is 37.9 Å². The molecule has 3 heterocycles. The summed E-state index contributed by atoms with van der Waals surface area (Å²) in [6.45, 7) is 4.30. The van der Waals surface area contributed by atoms with E-state index in [1.165, 1.54) is 43.0 Å². The molecule has 4 aromatic rings. The second-order valence-electron chi connectivity index (χ2n) is 9.56. The highest BCUT2D eigenvalue weighted by atomic mass is 32.1. The highest BCUT2D eigenvalue weighted by Crippen LogP contribution is 2.37. The number of thiophene rings is 1. The van der Waals surface area contributed by atoms with Crippen LogP contribution in [0.4, 0.5) is 8.78 Å². The first-order valence-corrected chi connectivity index (χ1v) is 12.8. The quantitative estimate of drug-likeness (QED) is 0.292. The van der Waals surface area contributed by atoms with Gasteiger partial charge in [0.05, 0.1) is 29.1 Å². The molecule has 0 fully saturated rings. The van der Waals surface area contributed by atoms with Crippen LogP contribution in [-0.2, 0) is 21.6 Å². The molecule has 0 radical (unpaired) electrons. The van der Waals surface area contributed by atoms with Crippen molar-refractivity contribution >= 4 is 27.5 Å². The zero-order valence-corrected chi connectivity index (χ0v) is 22.6. The van der Waals surface area contributed by atoms with Gasteiger partial charge in [0.1, 0.15) is 28.5 Å². The summed E-state index contributed by atoms with van der Waals surface area (Å²) in [5.41, 5.74) is -2.89. The Hall–Kier alpha value is -3.84. The number of aryl methyl sites for hydroxylation is 1. The Kier molecular flexibility index (Phi) is 7.75. The number of hydrogen-bond acceptors (Lipinski definition) is 8. The zero-order valence-electron chi connectivity index (χ0n) is 21.8. The molecule has 0 amide bonds. The second-order valence-corrected chi connectivity index (χ2v) is 10.6. The van der Waals surface area contributed by atoms with Crippen LogP contribution in [0, 0.1) is 6.92 Å². The number of aromatic nitrogens is 3. The normalized spacial score (nSPS) is 12.9. The van der Waals surface area contributed by atoms with Crippen molar-refractivity contribution in [3.8, 4) is 16.5 Å². The Balaban J connectivity index is 2.03. The molecule has 1 atom stereocenters. The van der Waals surface area contributed by atoms with E-state index in [1.807, 2.05) is 0 Å². The maximum Gasteiger partial charge on any atom is 0.387 e. The number of halogens is 2. The summed E-state index contributed by atoms with van der Waals surface area (Å²) >= 11 is 1.07. The molecule has 39 heavy (non-hydrogen) atoms. The van der Waals surface area contributed by atoms with Gasteiger partial charge in [-0.3, -0.25) is 9.36 Å². The molecule has 1 N–H and O–H groups in total. The van der Waals surface area contributed by atoms with Crippen LogP contribution >= 0.6 is 11.3 Å². The number of carboxylic acids is 1. The lowest BCUT2D eigenvalue weighted by molar-refractivity contribution is -0.146. The van der Waals surface area contributed by atoms with E-state index in [0.717, 1.165) is 11.3 Å². The third-order valence-electron chi connectivity index (χ3n) is 6.19. The number of carboxylic acid groups (broad SMARTS) is 1. The van der Waals surface area contributed by atoms with Gasteiger partial charge in [-0.15, -0.1) is 11.3 Å². The average Bonchev–Trinajstić information content (AvgIpc) is 3.48. The fourth-order valence-electron chi connectivity index (χ4n) is 4.29. The number of benzene rings is 1. The minimum absolute atomic E-state index is 0.113. The van der Waals surface area contributed by atoms with Crippen molar-refractivity contribution in [2.24, 2.45) is 0 Å². The Morgan fingerprint density at radius 1 is 1.23 bits per heavy atom. The van der Waals surface area contributed by atoms with Crippen LogP contribution in [0.5, 0.6) is 5.75 Å². The predicted molar refractivity (Wildman–Crippen MR) is 140 cm³/mol. The van der Waals surface area contributed by atoms with Gasteiger partial charge >= 0.3 is 18.3 Å². The van der Waals surface area contributed by atoms with Gasteiger partial charge in [0, 0.05) is 5.56 Å². The average molecular weight is 564 g/mol. The molecule has 0 saturated carbocycles. The maximum atomic E-state index is 13.9. The van der Waals surface area contributed by atoms with Gasteiger partial charge in [-0.1, -0.05) is 18.2 Å². The molecular weight excluding hydrogens is 536 g/mol. The smallest absolute Gasteiger partial charge is 0.387 e. The number of aliphatic carboxylic acids is 1. The topological polar surface area (TPSA) is 126 Å². The number of oxazole rings is 1. The molecule has 0 aliphatic carbocycles. The number of para-hydroxylation sites is 1. The fraction of sp³-hybridized carbons (Fsp3) is 0.385. The van der Waals surface area contributed by atoms with Crippen molar-refractivity contribution in [2.75, 3.05) is 0 Å². The molecule has 208 valence electrons. The summed E-state index contributed by atoms with van der Waals surface area (Å²) in [4.78, 5) is 44.6. The molecule has 1 aromatic carbocycles. The molecule has 4 rings (SSSR count). The van der Waals surface area contributed by atoms with Crippen molar-refractivity contribution in [1.29, 1.82) is 0 Å². The van der Waals surface area contributed by atoms with E-state index in [-0.39, 0.29) is 34.0 Å². The van der Waals surface area contributed by atoms with E-state index in [0.29, 0.717) is 15.0 Å². The number of carbonyl (C=O) groups is 1. The first-order chi connectivity index (χ1) is 18.3. The van der Waals surface area contributed by atoms with Crippen LogP contribution in [0.15, 0.2) is 50.7 Å². The minimum Gasteiger partial charge on any atom is -0.480 e. The molecule has 0 aliphatic rings. The number of nitrogens with zero attached hydrogens (tertiary/aromatic N) is 3. The number of fused-ring (bicyclic) bond motifs is 1. The van der Waals surface area contributed by atoms with E-state index >= 15 is 0 Å². The first kappa shape index (κ1) is 28.2. The van der Waals surface area contributed by atoms with Gasteiger partial charge < -0.3 is 19.0 Å². The molecule has 13 heteroatoms. The van der Waals surface area contributed by atoms with E-state index in [1.54, 1.807) is 32.9 Å². The van der Waals surface area contributed by atoms with Crippen molar-refractivity contribution in [3.63, 3.8) is 0 Å². The van der Waals surface area contributed by atoms with Crippen molar-refractivity contribution < 1.29 is 32.6 Å². The van der Waals surface area contributed by atoms with E-state index in [9.17, 15) is 28.3 Å². The predicted octanol–water partition coefficient (Wildman–Crippen LogP) is 4.78. The summed E-state index contributed by atoms with van der Waals surface area (Å²) in [5, 5.41) is 10.0. The van der Waals surface area contributed by atoms with Crippen molar-refractivity contribution in [1.82, 2.24) is 14.1 Å². The van der Waals surface area contributed by atoms with Gasteiger partial charge in [0.25, 0.3) is 5.56 Å². The Morgan fingerprint density at radius 3 is 2.51 bits per heavy atom. The molecule has 0 saturated heterocycles. The maximum absolute atomic E-state index is 13.9. The van der Waals surface area contributed by atoms with Gasteiger partial charge in [0.2, 0.25) is 5.89 Å². The molecular formula is C26H27F2N3O7S. The summed E-state index contributed by atoms with van der Waals surface area (Å²) in [6, 6.07) is 6.05. The second kappa shape index (κ2) is 10.7. The summed E-state index contributed by atoms with van der Waals surface area (Å²) < 4.78 is 44.5. The standard InChI is InChI=1S/C26H27F2N3O7S/c1-13(2)37-17(15-8-6-7-9-16(15)38-24(27)28)12-30-22-18(14(3)19(39-22)20-29-10-11-36-20)21(32)31(25(30)35)26(4,5)23(33)34/h6-11,13,17,24H,12H2,1-5H3,(H,33,34)/t17-/m1/s1. The lowest BCUT2D eigenvalue weighted by atomic mass is 10.1. The van der Waals surface area contributed by atoms with Gasteiger partial charge in [-0.25, -0.2) is 19.1 Å². The van der Waals surface area contributed by atoms with Crippen LogP contribution in [0.1, 0.15) is 44.9 Å². The van der Waals surface area contributed by atoms with Crippen LogP contribution in [0.2, 0.25) is 0 Å². The largest absolute Gasteiger partial charge is 0.480 e. The molecule has 0 bridgehead atoms. The number of alkyl halides is 2. The van der Waals surface area contributed by atoms with E-state index < -0.39 is 41.6 Å². The molecule has 3 aromatic heterocycles. The zero-order chi connectivity index (χ0) is 28.6. The molecule has 0 unspecified atom stereocenters. The fourth-order valence-corrected chi connectivity index (χ4v) is 5.54. The van der Waals surface area contributed by atoms with Gasteiger partial charge in [-0.05, 0) is 46.2 Å². The van der Waals surface area contributed by atoms with E-state index in [4.69, 9.17) is 13.9 Å². The Bertz CT molecular complexity index is 1620. The first-order valence-electron chi connectivity index (χ1n) is 12.0. The molecule has 0 aliphatic heterocycles. The van der Waals surface area contributed by atoms with Crippen molar-refractivity contribution in [3.05, 3.63) is 68.7 Å². The Labute approximate surface area is 225 Å². The number of rotatable bonds is 10. The van der Waals surface area contributed by atoms with Crippen LogP contribution < -0.4 is 16.0 Å². The van der Waals surface area contributed by atoms with Crippen LogP contribution in [0.25, 0.3) is 21.0 Å². The minimum atomic E-state index is -3.10. The van der Waals surface area contributed by atoms with Crippen LogP contribution in [0.3, 0.4) is 0 Å². The highest BCUT2D eigenvalue weighted by Gasteiger charge is 2.36. The molecule has 0 spiro atoms. The number of hydrogen-bond donors (Lipinski definition) is 1. The van der Waals surface area contributed by atoms with E-state index in [2.05, 4.69) is 4.98 Å². The highest BCUT2D eigenvalue weighted by molar-refractivity contribution is 7.22. The van der Waals surface area contributed by atoms with Crippen molar-refractivity contribution in [2.45, 2.75) is 65.5 Å². The summed E-state index contributed by atoms with van der Waals surface area (Å²) in [6.07, 6.45) is 1.43. The third kappa shape index (κ3) is 5.23. The Morgan fingerprint density at radius 2 is 1.92 bits per heavy atom. The monoisotopic (exact) mass is 563 g/mol. The molecule has 10 nitrogen and oxygen atoms in total. The summed E-state index contributed by atoms with van der Waals surface area (Å²) in [5.74, 6) is -1.30. The lowest BCUT2D eigenvalue weighted by Gasteiger charge is -2.26. The SMILES string of the molecule is Cc1c(-c2ncco2)sc2c1c(=O)n(C(C)(C)C(=O)O)c(=O)n2C[C@@H](OC(C)C)c1ccccc1OC(F)F. The number of ether oxygens (including phenoxy) is 2. The third-order valence-corrected chi connectivity index (χ3v) is 7.49. The van der Waals surface area contributed by atoms with Gasteiger partial charge in [-0.2, -0.15) is 8.78 Å². The van der Waals surface area contributed by atoms with Gasteiger partial charge in [0.15, 0.2) is 0 Å². The summed E-state index contributed by atoms with van der Waals surface area (Å²) in [7, 11) is 0. The lowest BCUT2D eigenvalue weighted by Crippen LogP contribution is -2.52.